The summed E-state index contributed by atoms with van der Waals surface area (Å²) < 4.78 is 20.8. The lowest BCUT2D eigenvalue weighted by Gasteiger charge is -2.20. The normalized spacial score (nSPS) is 10.8. The molecule has 0 unspecified atom stereocenters. The molecule has 0 aliphatic heterocycles. The minimum Gasteiger partial charge on any atom is -0.493 e. The van der Waals surface area contributed by atoms with Crippen LogP contribution >= 0.6 is 0 Å². The second-order valence-corrected chi connectivity index (χ2v) is 4.95. The molecule has 0 spiro atoms. The standard InChI is InChI=1S/C15H22O5/c1-6-15(2,3)14(16)20-10-19-11-7-8-12(17-4)13(9-11)18-5/h7-9H,6,10H2,1-5H3. The van der Waals surface area contributed by atoms with Crippen molar-refractivity contribution >= 4 is 5.97 Å². The average Bonchev–Trinajstić information content (AvgIpc) is 2.46. The number of hydrogen-bond donors (Lipinski definition) is 0. The molecule has 0 N–H and O–H groups in total. The van der Waals surface area contributed by atoms with E-state index in [4.69, 9.17) is 18.9 Å². The molecule has 0 bridgehead atoms. The summed E-state index contributed by atoms with van der Waals surface area (Å²) in [7, 11) is 3.11. The third kappa shape index (κ3) is 4.05. The van der Waals surface area contributed by atoms with Gasteiger partial charge in [-0.25, -0.2) is 0 Å². The maximum absolute atomic E-state index is 11.8. The van der Waals surface area contributed by atoms with Crippen molar-refractivity contribution in [3.63, 3.8) is 0 Å². The summed E-state index contributed by atoms with van der Waals surface area (Å²) in [5, 5.41) is 0. The predicted octanol–water partition coefficient (Wildman–Crippen LogP) is 3.02. The van der Waals surface area contributed by atoms with E-state index in [1.54, 1.807) is 32.4 Å². The highest BCUT2D eigenvalue weighted by Crippen LogP contribution is 2.31. The van der Waals surface area contributed by atoms with Gasteiger partial charge in [0, 0.05) is 6.07 Å². The molecule has 112 valence electrons. The van der Waals surface area contributed by atoms with Crippen molar-refractivity contribution in [2.75, 3.05) is 21.0 Å². The summed E-state index contributed by atoms with van der Waals surface area (Å²) >= 11 is 0. The minimum atomic E-state index is -0.499. The van der Waals surface area contributed by atoms with Crippen molar-refractivity contribution in [3.8, 4) is 17.2 Å². The Kier molecular flexibility index (Phi) is 5.67. The predicted molar refractivity (Wildman–Crippen MR) is 75.2 cm³/mol. The zero-order valence-electron chi connectivity index (χ0n) is 12.7. The van der Waals surface area contributed by atoms with Crippen molar-refractivity contribution in [3.05, 3.63) is 18.2 Å². The van der Waals surface area contributed by atoms with Gasteiger partial charge < -0.3 is 18.9 Å². The molecule has 0 radical (unpaired) electrons. The number of carbonyl (C=O) groups is 1. The molecule has 5 nitrogen and oxygen atoms in total. The Morgan fingerprint density at radius 1 is 1.15 bits per heavy atom. The number of esters is 1. The molecule has 0 atom stereocenters. The number of ether oxygens (including phenoxy) is 4. The second-order valence-electron chi connectivity index (χ2n) is 4.95. The van der Waals surface area contributed by atoms with Crippen LogP contribution in [0.3, 0.4) is 0 Å². The highest BCUT2D eigenvalue weighted by Gasteiger charge is 2.27. The van der Waals surface area contributed by atoms with E-state index < -0.39 is 5.41 Å². The zero-order chi connectivity index (χ0) is 15.2. The van der Waals surface area contributed by atoms with Crippen LogP contribution < -0.4 is 14.2 Å². The maximum Gasteiger partial charge on any atom is 0.314 e. The molecular weight excluding hydrogens is 260 g/mol. The summed E-state index contributed by atoms with van der Waals surface area (Å²) in [6.45, 7) is 5.49. The van der Waals surface area contributed by atoms with Crippen molar-refractivity contribution < 1.29 is 23.7 Å². The fourth-order valence-electron chi connectivity index (χ4n) is 1.40. The average molecular weight is 282 g/mol. The fourth-order valence-corrected chi connectivity index (χ4v) is 1.40. The van der Waals surface area contributed by atoms with E-state index in [-0.39, 0.29) is 12.8 Å². The molecule has 0 amide bonds. The molecule has 0 aliphatic rings. The molecule has 5 heteroatoms. The van der Waals surface area contributed by atoms with Crippen molar-refractivity contribution in [1.82, 2.24) is 0 Å². The fraction of sp³-hybridized carbons (Fsp3) is 0.533. The van der Waals surface area contributed by atoms with E-state index in [1.165, 1.54) is 0 Å². The van der Waals surface area contributed by atoms with Crippen LogP contribution in [0.25, 0.3) is 0 Å². The Labute approximate surface area is 119 Å². The van der Waals surface area contributed by atoms with Gasteiger partial charge in [-0.15, -0.1) is 0 Å². The molecule has 1 rings (SSSR count). The van der Waals surface area contributed by atoms with Gasteiger partial charge >= 0.3 is 5.97 Å². The van der Waals surface area contributed by atoms with E-state index >= 15 is 0 Å². The van der Waals surface area contributed by atoms with Crippen LogP contribution in [0.15, 0.2) is 18.2 Å². The van der Waals surface area contributed by atoms with Crippen molar-refractivity contribution in [2.24, 2.45) is 5.41 Å². The molecule has 0 heterocycles. The van der Waals surface area contributed by atoms with Crippen LogP contribution in [0, 0.1) is 5.41 Å². The lowest BCUT2D eigenvalue weighted by Crippen LogP contribution is -2.27. The lowest BCUT2D eigenvalue weighted by atomic mass is 9.91. The Balaban J connectivity index is 2.57. The summed E-state index contributed by atoms with van der Waals surface area (Å²) in [6.07, 6.45) is 0.711. The third-order valence-electron chi connectivity index (χ3n) is 3.21. The largest absolute Gasteiger partial charge is 0.493 e. The number of carbonyl (C=O) groups excluding carboxylic acids is 1. The molecule has 0 aliphatic carbocycles. The van der Waals surface area contributed by atoms with E-state index in [0.29, 0.717) is 23.7 Å². The van der Waals surface area contributed by atoms with Crippen molar-refractivity contribution in [2.45, 2.75) is 27.2 Å². The quantitative estimate of drug-likeness (QED) is 0.568. The molecular formula is C15H22O5. The first-order valence-corrected chi connectivity index (χ1v) is 6.46. The summed E-state index contributed by atoms with van der Waals surface area (Å²) in [6, 6.07) is 5.13. The van der Waals surface area contributed by atoms with Crippen LogP contribution in [0.2, 0.25) is 0 Å². The zero-order valence-corrected chi connectivity index (χ0v) is 12.7. The molecule has 0 aromatic heterocycles. The lowest BCUT2D eigenvalue weighted by molar-refractivity contribution is -0.160. The third-order valence-corrected chi connectivity index (χ3v) is 3.21. The Morgan fingerprint density at radius 2 is 1.80 bits per heavy atom. The van der Waals surface area contributed by atoms with Crippen LogP contribution in [0.1, 0.15) is 27.2 Å². The van der Waals surface area contributed by atoms with Gasteiger partial charge in [0.1, 0.15) is 5.75 Å². The molecule has 1 aromatic rings. The molecule has 0 saturated carbocycles. The first kappa shape index (κ1) is 16.1. The van der Waals surface area contributed by atoms with Gasteiger partial charge in [-0.3, -0.25) is 4.79 Å². The minimum absolute atomic E-state index is 0.127. The van der Waals surface area contributed by atoms with Gasteiger partial charge in [-0.2, -0.15) is 0 Å². The number of methoxy groups -OCH3 is 2. The van der Waals surface area contributed by atoms with Gasteiger partial charge in [0.25, 0.3) is 0 Å². The van der Waals surface area contributed by atoms with Crippen LogP contribution in [-0.4, -0.2) is 27.0 Å². The highest BCUT2D eigenvalue weighted by atomic mass is 16.7. The van der Waals surface area contributed by atoms with E-state index in [2.05, 4.69) is 0 Å². The van der Waals surface area contributed by atoms with Crippen LogP contribution in [0.4, 0.5) is 0 Å². The Morgan fingerprint density at radius 3 is 2.35 bits per heavy atom. The van der Waals surface area contributed by atoms with Gasteiger partial charge in [-0.1, -0.05) is 6.92 Å². The van der Waals surface area contributed by atoms with E-state index in [1.807, 2.05) is 20.8 Å². The molecule has 0 saturated heterocycles. The second kappa shape index (κ2) is 7.03. The Hall–Kier alpha value is -1.91. The van der Waals surface area contributed by atoms with E-state index in [0.717, 1.165) is 0 Å². The highest BCUT2D eigenvalue weighted by molar-refractivity contribution is 5.75. The maximum atomic E-state index is 11.8. The number of rotatable bonds is 7. The van der Waals surface area contributed by atoms with Gasteiger partial charge in [0.05, 0.1) is 19.6 Å². The van der Waals surface area contributed by atoms with Gasteiger partial charge in [0.15, 0.2) is 11.5 Å². The van der Waals surface area contributed by atoms with Crippen molar-refractivity contribution in [1.29, 1.82) is 0 Å². The summed E-state index contributed by atoms with van der Waals surface area (Å²) in [5.74, 6) is 1.44. The first-order chi connectivity index (χ1) is 9.44. The van der Waals surface area contributed by atoms with Crippen LogP contribution in [0.5, 0.6) is 17.2 Å². The topological polar surface area (TPSA) is 54.0 Å². The van der Waals surface area contributed by atoms with E-state index in [9.17, 15) is 4.79 Å². The van der Waals surface area contributed by atoms with Gasteiger partial charge in [-0.05, 0) is 32.4 Å². The number of hydrogen-bond acceptors (Lipinski definition) is 5. The van der Waals surface area contributed by atoms with Crippen LogP contribution in [-0.2, 0) is 9.53 Å². The summed E-state index contributed by atoms with van der Waals surface area (Å²) in [5.41, 5.74) is -0.499. The summed E-state index contributed by atoms with van der Waals surface area (Å²) in [4.78, 5) is 11.8. The SMILES string of the molecule is CCC(C)(C)C(=O)OCOc1ccc(OC)c(OC)c1. The molecule has 20 heavy (non-hydrogen) atoms. The monoisotopic (exact) mass is 282 g/mol. The number of benzene rings is 1. The molecule has 0 fully saturated rings. The molecule has 1 aromatic carbocycles. The van der Waals surface area contributed by atoms with Gasteiger partial charge in [0.2, 0.25) is 6.79 Å². The smallest absolute Gasteiger partial charge is 0.314 e. The first-order valence-electron chi connectivity index (χ1n) is 6.46. The Bertz CT molecular complexity index is 454.